The number of benzene rings is 1. The third-order valence-electron chi connectivity index (χ3n) is 2.73. The summed E-state index contributed by atoms with van der Waals surface area (Å²) in [4.78, 5) is 26.8. The van der Waals surface area contributed by atoms with Crippen molar-refractivity contribution in [2.24, 2.45) is 0 Å². The van der Waals surface area contributed by atoms with Crippen molar-refractivity contribution in [1.82, 2.24) is 4.98 Å². The molecule has 0 bridgehead atoms. The van der Waals surface area contributed by atoms with E-state index < -0.39 is 0 Å². The number of carbonyl (C=O) groups is 2. The fraction of sp³-hybridized carbons (Fsp3) is 0.357. The van der Waals surface area contributed by atoms with Gasteiger partial charge in [-0.3, -0.25) is 9.59 Å². The zero-order valence-corrected chi connectivity index (χ0v) is 13.2. The minimum Gasteiger partial charge on any atom is -0.301 e. The fourth-order valence-electron chi connectivity index (χ4n) is 1.68. The highest BCUT2D eigenvalue weighted by Crippen LogP contribution is 2.29. The van der Waals surface area contributed by atoms with Crippen LogP contribution in [-0.4, -0.2) is 21.8 Å². The molecule has 0 saturated heterocycles. The van der Waals surface area contributed by atoms with Crippen molar-refractivity contribution in [3.63, 3.8) is 0 Å². The largest absolute Gasteiger partial charge is 0.301 e. The number of anilines is 1. The topological polar surface area (TPSA) is 59.1 Å². The molecule has 1 heterocycles. The van der Waals surface area contributed by atoms with Gasteiger partial charge in [0.25, 0.3) is 0 Å². The highest BCUT2D eigenvalue weighted by atomic mass is 32.2. The molecule has 20 heavy (non-hydrogen) atoms. The number of carbonyl (C=O) groups excluding carboxylic acids is 2. The second-order valence-corrected chi connectivity index (χ2v) is 6.91. The van der Waals surface area contributed by atoms with Gasteiger partial charge in [-0.15, -0.1) is 0 Å². The molecule has 0 radical (unpaired) electrons. The second kappa shape index (κ2) is 6.37. The smallest absolute Gasteiger partial charge is 0.236 e. The highest BCUT2D eigenvalue weighted by Gasteiger charge is 2.10. The van der Waals surface area contributed by atoms with E-state index in [1.165, 1.54) is 23.8 Å². The first-order chi connectivity index (χ1) is 9.45. The normalized spacial score (nSPS) is 11.0. The lowest BCUT2D eigenvalue weighted by atomic mass is 10.0. The summed E-state index contributed by atoms with van der Waals surface area (Å²) in [5.41, 5.74) is 2.14. The van der Waals surface area contributed by atoms with Gasteiger partial charge < -0.3 is 5.32 Å². The minimum atomic E-state index is -0.201. The molecule has 0 spiro atoms. The van der Waals surface area contributed by atoms with E-state index in [0.29, 0.717) is 11.0 Å². The molecule has 0 saturated carbocycles. The number of hydrogen-bond acceptors (Lipinski definition) is 5. The molecule has 1 aromatic carbocycles. The van der Waals surface area contributed by atoms with Gasteiger partial charge in [0.1, 0.15) is 0 Å². The van der Waals surface area contributed by atoms with Gasteiger partial charge in [-0.1, -0.05) is 43.0 Å². The lowest BCUT2D eigenvalue weighted by molar-refractivity contribution is -0.114. The van der Waals surface area contributed by atoms with Gasteiger partial charge in [0.15, 0.2) is 10.2 Å². The molecule has 0 aliphatic heterocycles. The second-order valence-electron chi connectivity index (χ2n) is 4.73. The zero-order chi connectivity index (χ0) is 14.7. The molecule has 1 aromatic heterocycles. The van der Waals surface area contributed by atoms with Crippen molar-refractivity contribution in [3.05, 3.63) is 23.8 Å². The molecule has 0 atom stereocenters. The van der Waals surface area contributed by atoms with Crippen LogP contribution in [0.3, 0.4) is 0 Å². The Bertz CT molecular complexity index is 650. The van der Waals surface area contributed by atoms with Gasteiger partial charge in [-0.2, -0.15) is 0 Å². The summed E-state index contributed by atoms with van der Waals surface area (Å²) in [6, 6.07) is 6.14. The summed E-state index contributed by atoms with van der Waals surface area (Å²) in [5.74, 6) is 0.391. The highest BCUT2D eigenvalue weighted by molar-refractivity contribution is 8.14. The number of thiazole rings is 1. The SMILES string of the molecule is CC(=O)SCC(=O)Nc1nc2ccc(C(C)C)cc2s1. The van der Waals surface area contributed by atoms with E-state index in [-0.39, 0.29) is 16.8 Å². The van der Waals surface area contributed by atoms with Crippen LogP contribution in [0.25, 0.3) is 10.2 Å². The Hall–Kier alpha value is -1.40. The Morgan fingerprint density at radius 3 is 2.80 bits per heavy atom. The molecule has 6 heteroatoms. The molecule has 4 nitrogen and oxygen atoms in total. The first-order valence-corrected chi connectivity index (χ1v) is 8.09. The van der Waals surface area contributed by atoms with Crippen LogP contribution in [-0.2, 0) is 9.59 Å². The van der Waals surface area contributed by atoms with Crippen molar-refractivity contribution in [1.29, 1.82) is 0 Å². The van der Waals surface area contributed by atoms with Crippen LogP contribution in [0.1, 0.15) is 32.3 Å². The molecule has 0 fully saturated rings. The molecular weight excluding hydrogens is 292 g/mol. The van der Waals surface area contributed by atoms with Crippen LogP contribution in [0.4, 0.5) is 5.13 Å². The standard InChI is InChI=1S/C14H16N2O2S2/c1-8(2)10-4-5-11-12(6-10)20-14(15-11)16-13(18)7-19-9(3)17/h4-6,8H,7H2,1-3H3,(H,15,16,18). The van der Waals surface area contributed by atoms with E-state index in [4.69, 9.17) is 0 Å². The first-order valence-electron chi connectivity index (χ1n) is 6.29. The average Bonchev–Trinajstić information content (AvgIpc) is 2.77. The summed E-state index contributed by atoms with van der Waals surface area (Å²) in [7, 11) is 0. The predicted octanol–water partition coefficient (Wildman–Crippen LogP) is 3.64. The van der Waals surface area contributed by atoms with E-state index in [1.54, 1.807) is 0 Å². The van der Waals surface area contributed by atoms with Crippen LogP contribution in [0.2, 0.25) is 0 Å². The van der Waals surface area contributed by atoms with Crippen molar-refractivity contribution < 1.29 is 9.59 Å². The predicted molar refractivity (Wildman–Crippen MR) is 85.5 cm³/mol. The maximum Gasteiger partial charge on any atom is 0.236 e. The van der Waals surface area contributed by atoms with Gasteiger partial charge in [0, 0.05) is 6.92 Å². The average molecular weight is 308 g/mol. The molecule has 106 valence electrons. The number of amides is 1. The lowest BCUT2D eigenvalue weighted by Crippen LogP contribution is -2.14. The third kappa shape index (κ3) is 3.80. The lowest BCUT2D eigenvalue weighted by Gasteiger charge is -2.03. The molecule has 0 aliphatic carbocycles. The van der Waals surface area contributed by atoms with E-state index >= 15 is 0 Å². The molecule has 0 aliphatic rings. The molecule has 0 unspecified atom stereocenters. The number of nitrogens with one attached hydrogen (secondary N) is 1. The summed E-state index contributed by atoms with van der Waals surface area (Å²) in [6.07, 6.45) is 0. The van der Waals surface area contributed by atoms with Crippen molar-refractivity contribution in [3.8, 4) is 0 Å². The summed E-state index contributed by atoms with van der Waals surface area (Å²) >= 11 is 2.45. The quantitative estimate of drug-likeness (QED) is 0.937. The summed E-state index contributed by atoms with van der Waals surface area (Å²) in [6.45, 7) is 5.73. The van der Waals surface area contributed by atoms with Crippen molar-refractivity contribution >= 4 is 49.5 Å². The molecule has 2 rings (SSSR count). The van der Waals surface area contributed by atoms with Gasteiger partial charge in [-0.05, 0) is 23.6 Å². The van der Waals surface area contributed by atoms with Crippen LogP contribution < -0.4 is 5.32 Å². The van der Waals surface area contributed by atoms with Gasteiger partial charge in [0.05, 0.1) is 16.0 Å². The minimum absolute atomic E-state index is 0.0639. The maximum atomic E-state index is 11.7. The molecule has 1 amide bonds. The monoisotopic (exact) mass is 308 g/mol. The maximum absolute atomic E-state index is 11.7. The molecular formula is C14H16N2O2S2. The van der Waals surface area contributed by atoms with Crippen molar-refractivity contribution in [2.45, 2.75) is 26.7 Å². The first kappa shape index (κ1) is 15.0. The molecule has 2 aromatic rings. The van der Waals surface area contributed by atoms with Crippen molar-refractivity contribution in [2.75, 3.05) is 11.1 Å². The Balaban J connectivity index is 2.11. The Kier molecular flexibility index (Phi) is 4.77. The number of fused-ring (bicyclic) bond motifs is 1. The van der Waals surface area contributed by atoms with E-state index in [9.17, 15) is 9.59 Å². The number of thioether (sulfide) groups is 1. The number of nitrogens with zero attached hydrogens (tertiary/aromatic N) is 1. The van der Waals surface area contributed by atoms with Crippen LogP contribution in [0.15, 0.2) is 18.2 Å². The number of rotatable bonds is 4. The van der Waals surface area contributed by atoms with E-state index in [2.05, 4.69) is 36.3 Å². The zero-order valence-electron chi connectivity index (χ0n) is 11.6. The Morgan fingerprint density at radius 2 is 2.15 bits per heavy atom. The number of aromatic nitrogens is 1. The van der Waals surface area contributed by atoms with E-state index in [0.717, 1.165) is 22.0 Å². The van der Waals surface area contributed by atoms with Crippen LogP contribution in [0, 0.1) is 0 Å². The fourth-order valence-corrected chi connectivity index (χ4v) is 3.01. The summed E-state index contributed by atoms with van der Waals surface area (Å²) < 4.78 is 1.06. The van der Waals surface area contributed by atoms with Crippen LogP contribution in [0.5, 0.6) is 0 Å². The Labute approximate surface area is 126 Å². The number of hydrogen-bond donors (Lipinski definition) is 1. The van der Waals surface area contributed by atoms with E-state index in [1.807, 2.05) is 6.07 Å². The molecule has 1 N–H and O–H groups in total. The summed E-state index contributed by atoms with van der Waals surface area (Å²) in [5, 5.41) is 3.25. The van der Waals surface area contributed by atoms with Crippen LogP contribution >= 0.6 is 23.1 Å². The Morgan fingerprint density at radius 1 is 1.40 bits per heavy atom. The van der Waals surface area contributed by atoms with Gasteiger partial charge in [-0.25, -0.2) is 4.98 Å². The third-order valence-corrected chi connectivity index (χ3v) is 4.48. The van der Waals surface area contributed by atoms with Gasteiger partial charge >= 0.3 is 0 Å². The van der Waals surface area contributed by atoms with Gasteiger partial charge in [0.2, 0.25) is 5.91 Å².